The van der Waals surface area contributed by atoms with Gasteiger partial charge in [0.25, 0.3) is 0 Å². The van der Waals surface area contributed by atoms with E-state index in [4.69, 9.17) is 4.74 Å². The van der Waals surface area contributed by atoms with E-state index in [0.717, 1.165) is 43.7 Å². The van der Waals surface area contributed by atoms with Crippen LogP contribution in [0.25, 0.3) is 6.08 Å². The number of carbonyl (C=O) groups excluding carboxylic acids is 1. The first-order chi connectivity index (χ1) is 8.79. The van der Waals surface area contributed by atoms with Crippen molar-refractivity contribution in [3.8, 4) is 5.75 Å². The van der Waals surface area contributed by atoms with Gasteiger partial charge >= 0.3 is 0 Å². The zero-order valence-corrected chi connectivity index (χ0v) is 10.7. The molecule has 0 aromatic heterocycles. The van der Waals surface area contributed by atoms with Gasteiger partial charge in [-0.25, -0.2) is 0 Å². The minimum Gasteiger partial charge on any atom is -0.493 e. The molecule has 0 unspecified atom stereocenters. The number of benzene rings is 1. The van der Waals surface area contributed by atoms with Crippen molar-refractivity contribution in [3.63, 3.8) is 0 Å². The third kappa shape index (κ3) is 3.36. The van der Waals surface area contributed by atoms with E-state index in [0.29, 0.717) is 0 Å². The molecule has 1 amide bonds. The van der Waals surface area contributed by atoms with Gasteiger partial charge in [0.1, 0.15) is 5.75 Å². The Hall–Kier alpha value is -1.77. The Labute approximate surface area is 108 Å². The maximum atomic E-state index is 11.5. The molecule has 0 bridgehead atoms. The summed E-state index contributed by atoms with van der Waals surface area (Å²) in [6.07, 6.45) is 6.51. The van der Waals surface area contributed by atoms with Crippen molar-refractivity contribution in [2.75, 3.05) is 13.2 Å². The lowest BCUT2D eigenvalue weighted by Crippen LogP contribution is -2.21. The molecule has 0 saturated carbocycles. The van der Waals surface area contributed by atoms with Crippen LogP contribution in [0, 0.1) is 0 Å². The molecule has 96 valence electrons. The lowest BCUT2D eigenvalue weighted by molar-refractivity contribution is -0.116. The molecule has 1 aromatic carbocycles. The molecule has 1 N–H and O–H groups in total. The van der Waals surface area contributed by atoms with Crippen molar-refractivity contribution in [3.05, 3.63) is 35.4 Å². The molecule has 0 aliphatic carbocycles. The SMILES string of the molecule is CCCCNC(=O)C=Cc1ccc2c(c1)CCO2. The summed E-state index contributed by atoms with van der Waals surface area (Å²) in [6, 6.07) is 6.02. The van der Waals surface area contributed by atoms with Crippen LogP contribution in [0.1, 0.15) is 30.9 Å². The van der Waals surface area contributed by atoms with Crippen LogP contribution in [0.4, 0.5) is 0 Å². The Bertz CT molecular complexity index is 452. The Morgan fingerprint density at radius 1 is 1.50 bits per heavy atom. The zero-order chi connectivity index (χ0) is 12.8. The first-order valence-corrected chi connectivity index (χ1v) is 6.51. The number of amides is 1. The molecule has 0 saturated heterocycles. The molecule has 3 heteroatoms. The van der Waals surface area contributed by atoms with Crippen LogP contribution < -0.4 is 10.1 Å². The molecule has 0 spiro atoms. The normalized spacial score (nSPS) is 13.4. The highest BCUT2D eigenvalue weighted by Gasteiger charge is 2.10. The second-order valence-electron chi connectivity index (χ2n) is 4.44. The molecule has 0 atom stereocenters. The van der Waals surface area contributed by atoms with Gasteiger partial charge in [-0.1, -0.05) is 19.4 Å². The maximum absolute atomic E-state index is 11.5. The van der Waals surface area contributed by atoms with E-state index < -0.39 is 0 Å². The fourth-order valence-corrected chi connectivity index (χ4v) is 1.93. The van der Waals surface area contributed by atoms with E-state index >= 15 is 0 Å². The summed E-state index contributed by atoms with van der Waals surface area (Å²) in [5.41, 5.74) is 2.27. The van der Waals surface area contributed by atoms with E-state index in [1.807, 2.05) is 18.2 Å². The van der Waals surface area contributed by atoms with Crippen LogP contribution in [-0.2, 0) is 11.2 Å². The molecule has 2 rings (SSSR count). The number of carbonyl (C=O) groups is 1. The quantitative estimate of drug-likeness (QED) is 0.639. The first-order valence-electron chi connectivity index (χ1n) is 6.51. The van der Waals surface area contributed by atoms with Gasteiger partial charge in [0.2, 0.25) is 5.91 Å². The van der Waals surface area contributed by atoms with Crippen LogP contribution >= 0.6 is 0 Å². The molecule has 1 aliphatic heterocycles. The lowest BCUT2D eigenvalue weighted by atomic mass is 10.1. The van der Waals surface area contributed by atoms with Crippen LogP contribution in [-0.4, -0.2) is 19.1 Å². The Morgan fingerprint density at radius 3 is 3.22 bits per heavy atom. The Morgan fingerprint density at radius 2 is 2.39 bits per heavy atom. The van der Waals surface area contributed by atoms with Crippen molar-refractivity contribution >= 4 is 12.0 Å². The van der Waals surface area contributed by atoms with E-state index in [1.165, 1.54) is 5.56 Å². The van der Waals surface area contributed by atoms with E-state index in [2.05, 4.69) is 18.3 Å². The number of hydrogen-bond donors (Lipinski definition) is 1. The van der Waals surface area contributed by atoms with Gasteiger partial charge in [-0.15, -0.1) is 0 Å². The lowest BCUT2D eigenvalue weighted by Gasteiger charge is -2.01. The Kier molecular flexibility index (Phi) is 4.40. The number of rotatable bonds is 5. The van der Waals surface area contributed by atoms with Crippen molar-refractivity contribution in [2.24, 2.45) is 0 Å². The number of hydrogen-bond acceptors (Lipinski definition) is 2. The molecular formula is C15H19NO2. The van der Waals surface area contributed by atoms with Crippen LogP contribution in [0.15, 0.2) is 24.3 Å². The standard InChI is InChI=1S/C15H19NO2/c1-2-3-9-16-15(17)7-5-12-4-6-14-13(11-12)8-10-18-14/h4-7,11H,2-3,8-10H2,1H3,(H,16,17). The molecule has 0 radical (unpaired) electrons. The molecule has 1 heterocycles. The third-order valence-corrected chi connectivity index (χ3v) is 2.97. The fraction of sp³-hybridized carbons (Fsp3) is 0.400. The van der Waals surface area contributed by atoms with Crippen molar-refractivity contribution in [2.45, 2.75) is 26.2 Å². The summed E-state index contributed by atoms with van der Waals surface area (Å²) in [7, 11) is 0. The smallest absolute Gasteiger partial charge is 0.243 e. The predicted molar refractivity (Wildman–Crippen MR) is 72.6 cm³/mol. The summed E-state index contributed by atoms with van der Waals surface area (Å²) in [5, 5.41) is 2.86. The molecular weight excluding hydrogens is 226 g/mol. The topological polar surface area (TPSA) is 38.3 Å². The molecule has 1 aromatic rings. The second-order valence-corrected chi connectivity index (χ2v) is 4.44. The number of unbranched alkanes of at least 4 members (excludes halogenated alkanes) is 1. The Balaban J connectivity index is 1.90. The molecule has 1 aliphatic rings. The van der Waals surface area contributed by atoms with E-state index in [9.17, 15) is 4.79 Å². The van der Waals surface area contributed by atoms with Gasteiger partial charge in [0.05, 0.1) is 6.61 Å². The summed E-state index contributed by atoms with van der Waals surface area (Å²) in [5.74, 6) is 0.944. The number of ether oxygens (including phenoxy) is 1. The zero-order valence-electron chi connectivity index (χ0n) is 10.7. The minimum absolute atomic E-state index is 0.0276. The van der Waals surface area contributed by atoms with Crippen molar-refractivity contribution in [1.29, 1.82) is 0 Å². The average Bonchev–Trinajstić information content (AvgIpc) is 2.84. The van der Waals surface area contributed by atoms with Crippen LogP contribution in [0.2, 0.25) is 0 Å². The highest BCUT2D eigenvalue weighted by Crippen LogP contribution is 2.26. The van der Waals surface area contributed by atoms with Gasteiger partial charge in [-0.3, -0.25) is 4.79 Å². The fourth-order valence-electron chi connectivity index (χ4n) is 1.93. The van der Waals surface area contributed by atoms with Gasteiger partial charge in [-0.05, 0) is 35.8 Å². The third-order valence-electron chi connectivity index (χ3n) is 2.97. The van der Waals surface area contributed by atoms with Gasteiger partial charge < -0.3 is 10.1 Å². The monoisotopic (exact) mass is 245 g/mol. The molecule has 3 nitrogen and oxygen atoms in total. The largest absolute Gasteiger partial charge is 0.493 e. The summed E-state index contributed by atoms with van der Waals surface area (Å²) in [6.45, 7) is 3.62. The highest BCUT2D eigenvalue weighted by molar-refractivity contribution is 5.91. The predicted octanol–water partition coefficient (Wildman–Crippen LogP) is 2.55. The van der Waals surface area contributed by atoms with Crippen LogP contribution in [0.5, 0.6) is 5.75 Å². The van der Waals surface area contributed by atoms with Gasteiger partial charge in [0.15, 0.2) is 0 Å². The van der Waals surface area contributed by atoms with Crippen molar-refractivity contribution < 1.29 is 9.53 Å². The van der Waals surface area contributed by atoms with Crippen molar-refractivity contribution in [1.82, 2.24) is 5.32 Å². The molecule has 0 fully saturated rings. The van der Waals surface area contributed by atoms with Gasteiger partial charge in [0, 0.05) is 19.0 Å². The highest BCUT2D eigenvalue weighted by atomic mass is 16.5. The maximum Gasteiger partial charge on any atom is 0.243 e. The number of fused-ring (bicyclic) bond motifs is 1. The van der Waals surface area contributed by atoms with Crippen LogP contribution in [0.3, 0.4) is 0 Å². The second kappa shape index (κ2) is 6.24. The molecule has 18 heavy (non-hydrogen) atoms. The van der Waals surface area contributed by atoms with E-state index in [1.54, 1.807) is 6.08 Å². The van der Waals surface area contributed by atoms with Gasteiger partial charge in [-0.2, -0.15) is 0 Å². The summed E-state index contributed by atoms with van der Waals surface area (Å²) >= 11 is 0. The van der Waals surface area contributed by atoms with E-state index in [-0.39, 0.29) is 5.91 Å². The number of nitrogens with one attached hydrogen (secondary N) is 1. The summed E-state index contributed by atoms with van der Waals surface area (Å²) < 4.78 is 5.44. The minimum atomic E-state index is -0.0276. The first kappa shape index (κ1) is 12.7. The average molecular weight is 245 g/mol. The summed E-state index contributed by atoms with van der Waals surface area (Å²) in [4.78, 5) is 11.5.